The zero-order valence-corrected chi connectivity index (χ0v) is 15.1. The zero-order valence-electron chi connectivity index (χ0n) is 15.1. The van der Waals surface area contributed by atoms with Gasteiger partial charge in [0.1, 0.15) is 6.61 Å². The molecule has 0 N–H and O–H groups in total. The number of nitrogens with zero attached hydrogens (tertiary/aromatic N) is 2. The van der Waals surface area contributed by atoms with Gasteiger partial charge in [-0.3, -0.25) is 9.59 Å². The third-order valence-electron chi connectivity index (χ3n) is 5.82. The fourth-order valence-corrected chi connectivity index (χ4v) is 4.32. The van der Waals surface area contributed by atoms with E-state index in [1.807, 2.05) is 40.1 Å². The number of hydrogen-bond donors (Lipinski definition) is 0. The summed E-state index contributed by atoms with van der Waals surface area (Å²) in [5.74, 6) is 0.312. The molecular formula is C20H26N2O4. The monoisotopic (exact) mass is 358 g/mol. The number of para-hydroxylation sites is 1. The Labute approximate surface area is 154 Å². The summed E-state index contributed by atoms with van der Waals surface area (Å²) < 4.78 is 11.1. The fourth-order valence-electron chi connectivity index (χ4n) is 4.32. The maximum absolute atomic E-state index is 12.9. The van der Waals surface area contributed by atoms with Crippen LogP contribution in [0.25, 0.3) is 0 Å². The van der Waals surface area contributed by atoms with E-state index >= 15 is 0 Å². The minimum absolute atomic E-state index is 0.0118. The number of rotatable bonds is 2. The molecule has 6 nitrogen and oxygen atoms in total. The van der Waals surface area contributed by atoms with Gasteiger partial charge in [-0.2, -0.15) is 0 Å². The van der Waals surface area contributed by atoms with Gasteiger partial charge in [-0.1, -0.05) is 18.2 Å². The van der Waals surface area contributed by atoms with Crippen molar-refractivity contribution in [3.8, 4) is 0 Å². The normalized spacial score (nSPS) is 27.8. The molecule has 140 valence electrons. The fraction of sp³-hybridized carbons (Fsp3) is 0.600. The number of anilines is 1. The highest BCUT2D eigenvalue weighted by Gasteiger charge is 2.45. The Hall–Kier alpha value is -1.92. The molecule has 3 fully saturated rings. The quantitative estimate of drug-likeness (QED) is 0.807. The van der Waals surface area contributed by atoms with Gasteiger partial charge in [0, 0.05) is 49.9 Å². The van der Waals surface area contributed by atoms with Crippen LogP contribution in [-0.2, 0) is 19.1 Å². The summed E-state index contributed by atoms with van der Waals surface area (Å²) in [5.41, 5.74) is 0.722. The van der Waals surface area contributed by atoms with E-state index in [1.165, 1.54) is 0 Å². The van der Waals surface area contributed by atoms with Crippen LogP contribution in [0.5, 0.6) is 0 Å². The second kappa shape index (κ2) is 7.37. The third kappa shape index (κ3) is 3.48. The molecule has 0 radical (unpaired) electrons. The maximum Gasteiger partial charge on any atom is 0.252 e. The van der Waals surface area contributed by atoms with Crippen molar-refractivity contribution in [3.63, 3.8) is 0 Å². The molecule has 26 heavy (non-hydrogen) atoms. The van der Waals surface area contributed by atoms with E-state index in [4.69, 9.17) is 9.47 Å². The highest BCUT2D eigenvalue weighted by atomic mass is 16.5. The predicted octanol–water partition coefficient (Wildman–Crippen LogP) is 1.70. The minimum Gasteiger partial charge on any atom is -0.381 e. The second-order valence-electron chi connectivity index (χ2n) is 7.70. The van der Waals surface area contributed by atoms with E-state index in [1.54, 1.807) is 0 Å². The molecule has 0 aliphatic carbocycles. The van der Waals surface area contributed by atoms with Crippen molar-refractivity contribution >= 4 is 17.5 Å². The van der Waals surface area contributed by atoms with E-state index < -0.39 is 0 Å². The topological polar surface area (TPSA) is 59.1 Å². The molecule has 1 spiro atoms. The van der Waals surface area contributed by atoms with Crippen LogP contribution in [0.4, 0.5) is 5.69 Å². The summed E-state index contributed by atoms with van der Waals surface area (Å²) in [4.78, 5) is 29.2. The first-order valence-corrected chi connectivity index (χ1v) is 9.47. The second-order valence-corrected chi connectivity index (χ2v) is 7.70. The van der Waals surface area contributed by atoms with Gasteiger partial charge in [-0.15, -0.1) is 0 Å². The van der Waals surface area contributed by atoms with Crippen molar-refractivity contribution in [2.45, 2.75) is 19.3 Å². The Morgan fingerprint density at radius 2 is 1.85 bits per heavy atom. The maximum atomic E-state index is 12.9. The first kappa shape index (κ1) is 17.5. The average Bonchev–Trinajstić information content (AvgIpc) is 3.03. The van der Waals surface area contributed by atoms with Gasteiger partial charge in [-0.25, -0.2) is 0 Å². The van der Waals surface area contributed by atoms with E-state index in [9.17, 15) is 9.59 Å². The lowest BCUT2D eigenvalue weighted by Crippen LogP contribution is -2.44. The Morgan fingerprint density at radius 1 is 1.08 bits per heavy atom. The Bertz CT molecular complexity index is 659. The third-order valence-corrected chi connectivity index (χ3v) is 5.82. The van der Waals surface area contributed by atoms with Crippen molar-refractivity contribution in [1.29, 1.82) is 0 Å². The molecule has 2 amide bonds. The summed E-state index contributed by atoms with van der Waals surface area (Å²) >= 11 is 0. The van der Waals surface area contributed by atoms with E-state index in [0.29, 0.717) is 32.9 Å². The zero-order chi connectivity index (χ0) is 18.0. The van der Waals surface area contributed by atoms with Crippen LogP contribution in [0.3, 0.4) is 0 Å². The molecule has 1 aromatic carbocycles. The molecule has 1 atom stereocenters. The standard InChI is InChI=1S/C20H26N2O4/c23-18-12-26-15-20(14-22(18)17-4-2-1-3-5-17)8-9-21(13-20)19(24)16-6-10-25-11-7-16/h1-5,16H,6-15H2. The molecular weight excluding hydrogens is 332 g/mol. The van der Waals surface area contributed by atoms with Gasteiger partial charge in [0.2, 0.25) is 5.91 Å². The first-order valence-electron chi connectivity index (χ1n) is 9.47. The van der Waals surface area contributed by atoms with Gasteiger partial charge in [-0.05, 0) is 31.4 Å². The van der Waals surface area contributed by atoms with Gasteiger partial charge in [0.25, 0.3) is 5.91 Å². The highest BCUT2D eigenvalue weighted by Crippen LogP contribution is 2.36. The van der Waals surface area contributed by atoms with Crippen molar-refractivity contribution in [3.05, 3.63) is 30.3 Å². The number of carbonyl (C=O) groups is 2. The van der Waals surface area contributed by atoms with E-state index in [0.717, 1.165) is 31.5 Å². The van der Waals surface area contributed by atoms with Crippen molar-refractivity contribution in [1.82, 2.24) is 4.90 Å². The summed E-state index contributed by atoms with van der Waals surface area (Å²) in [7, 11) is 0. The Morgan fingerprint density at radius 3 is 2.62 bits per heavy atom. The lowest BCUT2D eigenvalue weighted by molar-refractivity contribution is -0.138. The number of hydrogen-bond acceptors (Lipinski definition) is 4. The molecule has 6 heteroatoms. The van der Waals surface area contributed by atoms with Crippen molar-refractivity contribution in [2.75, 3.05) is 51.0 Å². The molecule has 1 aromatic rings. The predicted molar refractivity (Wildman–Crippen MR) is 96.8 cm³/mol. The van der Waals surface area contributed by atoms with Crippen LogP contribution in [0.2, 0.25) is 0 Å². The largest absolute Gasteiger partial charge is 0.381 e. The van der Waals surface area contributed by atoms with Gasteiger partial charge in [0.15, 0.2) is 0 Å². The molecule has 3 heterocycles. The molecule has 3 aliphatic rings. The Balaban J connectivity index is 1.49. The van der Waals surface area contributed by atoms with Gasteiger partial charge in [0.05, 0.1) is 6.61 Å². The lowest BCUT2D eigenvalue weighted by atomic mass is 9.87. The summed E-state index contributed by atoms with van der Waals surface area (Å²) in [6.45, 7) is 4.00. The molecule has 3 saturated heterocycles. The number of carbonyl (C=O) groups excluding carboxylic acids is 2. The molecule has 4 rings (SSSR count). The van der Waals surface area contributed by atoms with Crippen molar-refractivity contribution < 1.29 is 19.1 Å². The SMILES string of the molecule is O=C(C1CCOCC1)N1CCC2(COCC(=O)N(c3ccccc3)C2)C1. The van der Waals surface area contributed by atoms with Crippen LogP contribution in [0.1, 0.15) is 19.3 Å². The Kier molecular flexibility index (Phi) is 4.96. The molecule has 1 unspecified atom stereocenters. The molecule has 0 saturated carbocycles. The van der Waals surface area contributed by atoms with E-state index in [-0.39, 0.29) is 29.8 Å². The van der Waals surface area contributed by atoms with Crippen molar-refractivity contribution in [2.24, 2.45) is 11.3 Å². The van der Waals surface area contributed by atoms with Gasteiger partial charge < -0.3 is 19.3 Å². The van der Waals surface area contributed by atoms with Crippen LogP contribution >= 0.6 is 0 Å². The summed E-state index contributed by atoms with van der Waals surface area (Å²) in [6, 6.07) is 9.74. The number of ether oxygens (including phenoxy) is 2. The highest BCUT2D eigenvalue weighted by molar-refractivity contribution is 5.94. The lowest BCUT2D eigenvalue weighted by Gasteiger charge is -2.32. The summed E-state index contributed by atoms with van der Waals surface area (Å²) in [6.07, 6.45) is 2.50. The van der Waals surface area contributed by atoms with E-state index in [2.05, 4.69) is 0 Å². The van der Waals surface area contributed by atoms with Crippen LogP contribution < -0.4 is 4.90 Å². The van der Waals surface area contributed by atoms with Gasteiger partial charge >= 0.3 is 0 Å². The number of likely N-dealkylation sites (tertiary alicyclic amines) is 1. The number of amides is 2. The molecule has 3 aliphatic heterocycles. The smallest absolute Gasteiger partial charge is 0.252 e. The molecule has 0 aromatic heterocycles. The number of benzene rings is 1. The molecule has 0 bridgehead atoms. The van der Waals surface area contributed by atoms with Crippen LogP contribution in [0, 0.1) is 11.3 Å². The first-order chi connectivity index (χ1) is 12.7. The summed E-state index contributed by atoms with van der Waals surface area (Å²) in [5, 5.41) is 0. The minimum atomic E-state index is -0.178. The van der Waals surface area contributed by atoms with Crippen LogP contribution in [0.15, 0.2) is 30.3 Å². The average molecular weight is 358 g/mol. The van der Waals surface area contributed by atoms with Crippen LogP contribution in [-0.4, -0.2) is 62.8 Å².